The molecule has 0 saturated carbocycles. The fraction of sp³-hybridized carbons (Fsp3) is 0.567. The number of hydrogen-bond acceptors (Lipinski definition) is 3. The number of amides is 2. The molecule has 1 heterocycles. The molecule has 0 aliphatic rings. The second-order valence-corrected chi connectivity index (χ2v) is 9.48. The smallest absolute Gasteiger partial charge is 0.260 e. The van der Waals surface area contributed by atoms with Crippen LogP contribution in [0.4, 0.5) is 0 Å². The van der Waals surface area contributed by atoms with E-state index in [1.165, 1.54) is 82.5 Å². The Bertz CT molecular complexity index is 879. The van der Waals surface area contributed by atoms with Gasteiger partial charge in [0.05, 0.1) is 6.61 Å². The summed E-state index contributed by atoms with van der Waals surface area (Å²) in [7, 11) is 1.90. The first-order valence-corrected chi connectivity index (χ1v) is 13.5. The average Bonchev–Trinajstić information content (AvgIpc) is 2.86. The van der Waals surface area contributed by atoms with Crippen LogP contribution in [0.5, 0.6) is 5.75 Å². The Balaban J connectivity index is 1.65. The number of ether oxygens (including phenoxy) is 1. The van der Waals surface area contributed by atoms with Gasteiger partial charge in [0, 0.05) is 24.6 Å². The standard InChI is InChI=1S/C30H45N2O3/c1-4-5-6-7-8-9-10-11-12-13-14-17-24-35-29-21-19-27(20-22-29)30(34)32(26(2)33)25-28-18-15-16-23-31(28)3/h15-16,18-23H,4-14,17,24-25H2,1-3H3/q+1. The average molecular weight is 482 g/mol. The molecule has 1 aromatic carbocycles. The number of imide groups is 1. The first-order valence-electron chi connectivity index (χ1n) is 13.5. The van der Waals surface area contributed by atoms with Gasteiger partial charge in [0.1, 0.15) is 19.3 Å². The fourth-order valence-corrected chi connectivity index (χ4v) is 4.19. The molecule has 0 unspecified atom stereocenters. The number of pyridine rings is 1. The molecule has 0 aliphatic heterocycles. The van der Waals surface area contributed by atoms with Crippen LogP contribution in [-0.2, 0) is 18.4 Å². The molecule has 0 bridgehead atoms. The zero-order chi connectivity index (χ0) is 25.3. The summed E-state index contributed by atoms with van der Waals surface area (Å²) in [4.78, 5) is 26.4. The summed E-state index contributed by atoms with van der Waals surface area (Å²) in [6, 6.07) is 12.8. The van der Waals surface area contributed by atoms with Crippen LogP contribution in [0.2, 0.25) is 0 Å². The molecule has 0 N–H and O–H groups in total. The Morgan fingerprint density at radius 2 is 1.37 bits per heavy atom. The number of carbonyl (C=O) groups is 2. The van der Waals surface area contributed by atoms with Gasteiger partial charge in [-0.15, -0.1) is 0 Å². The summed E-state index contributed by atoms with van der Waals surface area (Å²) >= 11 is 0. The number of unbranched alkanes of at least 4 members (excludes halogenated alkanes) is 11. The van der Waals surface area contributed by atoms with Crippen molar-refractivity contribution in [3.8, 4) is 5.75 Å². The van der Waals surface area contributed by atoms with Crippen LogP contribution in [0.15, 0.2) is 48.7 Å². The molecule has 0 radical (unpaired) electrons. The number of carbonyl (C=O) groups excluding carboxylic acids is 2. The van der Waals surface area contributed by atoms with Gasteiger partial charge in [-0.05, 0) is 30.7 Å². The molecule has 0 spiro atoms. The Morgan fingerprint density at radius 3 is 1.91 bits per heavy atom. The summed E-state index contributed by atoms with van der Waals surface area (Å²) in [5, 5.41) is 0. The van der Waals surface area contributed by atoms with Crippen LogP contribution in [-0.4, -0.2) is 23.3 Å². The molecule has 0 saturated heterocycles. The van der Waals surface area contributed by atoms with Gasteiger partial charge in [0.25, 0.3) is 5.91 Å². The van der Waals surface area contributed by atoms with Crippen LogP contribution in [0.1, 0.15) is 107 Å². The van der Waals surface area contributed by atoms with Crippen molar-refractivity contribution in [3.63, 3.8) is 0 Å². The first-order chi connectivity index (χ1) is 17.0. The first kappa shape index (κ1) is 28.5. The van der Waals surface area contributed by atoms with E-state index in [1.54, 1.807) is 12.1 Å². The maximum Gasteiger partial charge on any atom is 0.260 e. The summed E-state index contributed by atoms with van der Waals surface area (Å²) in [6.07, 6.45) is 17.8. The third-order valence-corrected chi connectivity index (χ3v) is 6.48. The third-order valence-electron chi connectivity index (χ3n) is 6.48. The molecule has 2 amide bonds. The van der Waals surface area contributed by atoms with Crippen LogP contribution >= 0.6 is 0 Å². The van der Waals surface area contributed by atoms with E-state index in [-0.39, 0.29) is 18.4 Å². The zero-order valence-corrected chi connectivity index (χ0v) is 22.1. The van der Waals surface area contributed by atoms with E-state index < -0.39 is 0 Å². The molecule has 0 fully saturated rings. The SMILES string of the molecule is CCCCCCCCCCCCCCOc1ccc(C(=O)N(Cc2cccc[n+]2C)C(C)=O)cc1. The summed E-state index contributed by atoms with van der Waals surface area (Å²) in [5.41, 5.74) is 1.37. The third kappa shape index (κ3) is 11.1. The van der Waals surface area contributed by atoms with Gasteiger partial charge < -0.3 is 4.74 Å². The van der Waals surface area contributed by atoms with Crippen molar-refractivity contribution in [1.82, 2.24) is 4.90 Å². The quantitative estimate of drug-likeness (QED) is 0.185. The molecule has 35 heavy (non-hydrogen) atoms. The molecule has 2 aromatic rings. The van der Waals surface area contributed by atoms with E-state index in [0.717, 1.165) is 17.9 Å². The zero-order valence-electron chi connectivity index (χ0n) is 22.1. The van der Waals surface area contributed by atoms with Crippen molar-refractivity contribution in [2.75, 3.05) is 6.61 Å². The molecular formula is C30H45N2O3+. The van der Waals surface area contributed by atoms with Gasteiger partial charge in [-0.3, -0.25) is 14.5 Å². The minimum absolute atomic E-state index is 0.239. The van der Waals surface area contributed by atoms with Crippen molar-refractivity contribution in [3.05, 3.63) is 59.9 Å². The van der Waals surface area contributed by atoms with E-state index in [4.69, 9.17) is 4.74 Å². The highest BCUT2D eigenvalue weighted by Crippen LogP contribution is 2.16. The molecule has 192 valence electrons. The highest BCUT2D eigenvalue weighted by Gasteiger charge is 2.23. The van der Waals surface area contributed by atoms with Gasteiger partial charge in [0.15, 0.2) is 6.20 Å². The van der Waals surface area contributed by atoms with Crippen molar-refractivity contribution in [2.45, 2.75) is 97.4 Å². The molecule has 5 heteroatoms. The van der Waals surface area contributed by atoms with Crippen LogP contribution in [0.25, 0.3) is 0 Å². The highest BCUT2D eigenvalue weighted by molar-refractivity contribution is 6.04. The number of aromatic nitrogens is 1. The molecular weight excluding hydrogens is 436 g/mol. The number of rotatable bonds is 17. The molecule has 0 aliphatic carbocycles. The number of hydrogen-bond donors (Lipinski definition) is 0. The van der Waals surface area contributed by atoms with Crippen LogP contribution in [0.3, 0.4) is 0 Å². The fourth-order valence-electron chi connectivity index (χ4n) is 4.19. The lowest BCUT2D eigenvalue weighted by Crippen LogP contribution is -2.41. The van der Waals surface area contributed by atoms with Crippen molar-refractivity contribution in [1.29, 1.82) is 0 Å². The highest BCUT2D eigenvalue weighted by atomic mass is 16.5. The lowest BCUT2D eigenvalue weighted by molar-refractivity contribution is -0.679. The van der Waals surface area contributed by atoms with E-state index in [9.17, 15) is 9.59 Å². The maximum absolute atomic E-state index is 13.0. The van der Waals surface area contributed by atoms with Crippen molar-refractivity contribution >= 4 is 11.8 Å². The monoisotopic (exact) mass is 481 g/mol. The van der Waals surface area contributed by atoms with E-state index >= 15 is 0 Å². The second-order valence-electron chi connectivity index (χ2n) is 9.48. The van der Waals surface area contributed by atoms with Gasteiger partial charge in [-0.2, -0.15) is 0 Å². The molecule has 5 nitrogen and oxygen atoms in total. The molecule has 2 rings (SSSR count). The molecule has 0 atom stereocenters. The predicted octanol–water partition coefficient (Wildman–Crippen LogP) is 6.78. The Labute approximate surface area is 212 Å². The van der Waals surface area contributed by atoms with Gasteiger partial charge in [-0.25, -0.2) is 4.57 Å². The largest absolute Gasteiger partial charge is 0.494 e. The van der Waals surface area contributed by atoms with Gasteiger partial charge in [-0.1, -0.05) is 83.6 Å². The van der Waals surface area contributed by atoms with Crippen LogP contribution < -0.4 is 9.30 Å². The van der Waals surface area contributed by atoms with Crippen molar-refractivity contribution in [2.24, 2.45) is 7.05 Å². The number of aryl methyl sites for hydroxylation is 1. The Morgan fingerprint density at radius 1 is 0.800 bits per heavy atom. The molecule has 1 aromatic heterocycles. The lowest BCUT2D eigenvalue weighted by Gasteiger charge is -2.18. The van der Waals surface area contributed by atoms with Gasteiger partial charge in [0.2, 0.25) is 11.6 Å². The Hall–Kier alpha value is -2.69. The van der Waals surface area contributed by atoms with Crippen molar-refractivity contribution < 1.29 is 18.9 Å². The maximum atomic E-state index is 13.0. The topological polar surface area (TPSA) is 50.5 Å². The summed E-state index contributed by atoms with van der Waals surface area (Å²) < 4.78 is 7.77. The lowest BCUT2D eigenvalue weighted by atomic mass is 10.1. The minimum Gasteiger partial charge on any atom is -0.494 e. The number of benzene rings is 1. The normalized spacial score (nSPS) is 10.8. The van der Waals surface area contributed by atoms with Gasteiger partial charge >= 0.3 is 0 Å². The van der Waals surface area contributed by atoms with E-state index in [1.807, 2.05) is 48.1 Å². The predicted molar refractivity (Wildman–Crippen MR) is 141 cm³/mol. The second kappa shape index (κ2) is 16.9. The van der Waals surface area contributed by atoms with Crippen LogP contribution in [0, 0.1) is 0 Å². The van der Waals surface area contributed by atoms with E-state index in [2.05, 4.69) is 6.92 Å². The number of nitrogens with zero attached hydrogens (tertiary/aromatic N) is 2. The minimum atomic E-state index is -0.297. The summed E-state index contributed by atoms with van der Waals surface area (Å²) in [5.74, 6) is 0.188. The Kier molecular flexibility index (Phi) is 13.7. The van der Waals surface area contributed by atoms with E-state index in [0.29, 0.717) is 12.2 Å². The summed E-state index contributed by atoms with van der Waals surface area (Å²) in [6.45, 7) is 4.62.